The summed E-state index contributed by atoms with van der Waals surface area (Å²) >= 11 is 0. The Bertz CT molecular complexity index is 513. The van der Waals surface area contributed by atoms with Crippen molar-refractivity contribution in [3.05, 3.63) is 30.5 Å². The van der Waals surface area contributed by atoms with Gasteiger partial charge in [0.1, 0.15) is 17.8 Å². The molecule has 6 nitrogen and oxygen atoms in total. The smallest absolute Gasteiger partial charge is 0.242 e. The SMILES string of the molecule is CCOc1ncnc(NC(C)Cc2ccco2)c1N. The summed E-state index contributed by atoms with van der Waals surface area (Å²) in [5, 5.41) is 3.23. The first-order valence-corrected chi connectivity index (χ1v) is 6.23. The van der Waals surface area contributed by atoms with Gasteiger partial charge in [0.15, 0.2) is 5.82 Å². The molecule has 0 bridgehead atoms. The molecule has 0 saturated heterocycles. The van der Waals surface area contributed by atoms with Gasteiger partial charge in [0, 0.05) is 12.5 Å². The monoisotopic (exact) mass is 262 g/mol. The van der Waals surface area contributed by atoms with Crippen LogP contribution in [0, 0.1) is 0 Å². The van der Waals surface area contributed by atoms with E-state index in [2.05, 4.69) is 15.3 Å². The molecule has 2 rings (SSSR count). The summed E-state index contributed by atoms with van der Waals surface area (Å²) in [5.74, 6) is 1.90. The maximum atomic E-state index is 5.96. The molecule has 0 radical (unpaired) electrons. The Kier molecular flexibility index (Phi) is 4.22. The first-order valence-electron chi connectivity index (χ1n) is 6.23. The Hall–Kier alpha value is -2.24. The molecular formula is C13H18N4O2. The average Bonchev–Trinajstić information content (AvgIpc) is 2.87. The molecular weight excluding hydrogens is 244 g/mol. The average molecular weight is 262 g/mol. The van der Waals surface area contributed by atoms with E-state index in [1.165, 1.54) is 6.33 Å². The molecule has 0 spiro atoms. The lowest BCUT2D eigenvalue weighted by atomic mass is 10.2. The summed E-state index contributed by atoms with van der Waals surface area (Å²) in [6.07, 6.45) is 3.85. The molecule has 3 N–H and O–H groups in total. The summed E-state index contributed by atoms with van der Waals surface area (Å²) in [6.45, 7) is 4.43. The van der Waals surface area contributed by atoms with Crippen LogP contribution in [-0.2, 0) is 6.42 Å². The molecule has 19 heavy (non-hydrogen) atoms. The second-order valence-corrected chi connectivity index (χ2v) is 4.20. The molecule has 1 unspecified atom stereocenters. The van der Waals surface area contributed by atoms with Crippen molar-refractivity contribution in [3.8, 4) is 5.88 Å². The maximum absolute atomic E-state index is 5.96. The lowest BCUT2D eigenvalue weighted by Crippen LogP contribution is -2.20. The van der Waals surface area contributed by atoms with Crippen LogP contribution in [0.25, 0.3) is 0 Å². The zero-order valence-corrected chi connectivity index (χ0v) is 11.1. The van der Waals surface area contributed by atoms with Crippen molar-refractivity contribution >= 4 is 11.5 Å². The number of furan rings is 1. The summed E-state index contributed by atoms with van der Waals surface area (Å²) in [6, 6.07) is 3.94. The third-order valence-electron chi connectivity index (χ3n) is 2.60. The predicted octanol–water partition coefficient (Wildman–Crippen LogP) is 2.09. The van der Waals surface area contributed by atoms with Gasteiger partial charge in [0.05, 0.1) is 12.9 Å². The Labute approximate surface area is 112 Å². The third-order valence-corrected chi connectivity index (χ3v) is 2.60. The van der Waals surface area contributed by atoms with Gasteiger partial charge < -0.3 is 20.2 Å². The number of hydrogen-bond donors (Lipinski definition) is 2. The number of nitrogens with zero attached hydrogens (tertiary/aromatic N) is 2. The van der Waals surface area contributed by atoms with Crippen LogP contribution in [-0.4, -0.2) is 22.6 Å². The molecule has 0 fully saturated rings. The number of aromatic nitrogens is 2. The van der Waals surface area contributed by atoms with Crippen molar-refractivity contribution in [2.24, 2.45) is 0 Å². The number of rotatable bonds is 6. The van der Waals surface area contributed by atoms with Crippen molar-refractivity contribution in [2.75, 3.05) is 17.7 Å². The summed E-state index contributed by atoms with van der Waals surface area (Å²) in [4.78, 5) is 8.13. The second kappa shape index (κ2) is 6.08. The van der Waals surface area contributed by atoms with E-state index >= 15 is 0 Å². The van der Waals surface area contributed by atoms with Gasteiger partial charge in [-0.15, -0.1) is 0 Å². The van der Waals surface area contributed by atoms with Crippen LogP contribution in [0.4, 0.5) is 11.5 Å². The molecule has 0 aliphatic heterocycles. The second-order valence-electron chi connectivity index (χ2n) is 4.20. The first kappa shape index (κ1) is 13.2. The molecule has 0 saturated carbocycles. The largest absolute Gasteiger partial charge is 0.476 e. The molecule has 1 atom stereocenters. The van der Waals surface area contributed by atoms with Gasteiger partial charge >= 0.3 is 0 Å². The molecule has 0 aliphatic carbocycles. The van der Waals surface area contributed by atoms with Crippen molar-refractivity contribution in [2.45, 2.75) is 26.3 Å². The van der Waals surface area contributed by atoms with E-state index in [-0.39, 0.29) is 6.04 Å². The van der Waals surface area contributed by atoms with E-state index in [1.807, 2.05) is 26.0 Å². The number of ether oxygens (including phenoxy) is 1. The maximum Gasteiger partial charge on any atom is 0.242 e. The van der Waals surface area contributed by atoms with Gasteiger partial charge in [0.2, 0.25) is 5.88 Å². The van der Waals surface area contributed by atoms with E-state index in [9.17, 15) is 0 Å². The lowest BCUT2D eigenvalue weighted by Gasteiger charge is -2.15. The summed E-state index contributed by atoms with van der Waals surface area (Å²) in [7, 11) is 0. The zero-order chi connectivity index (χ0) is 13.7. The number of anilines is 2. The summed E-state index contributed by atoms with van der Waals surface area (Å²) < 4.78 is 10.6. The molecule has 2 aromatic rings. The first-order chi connectivity index (χ1) is 9.20. The highest BCUT2D eigenvalue weighted by atomic mass is 16.5. The highest BCUT2D eigenvalue weighted by Gasteiger charge is 2.12. The molecule has 102 valence electrons. The van der Waals surface area contributed by atoms with Crippen LogP contribution in [0.3, 0.4) is 0 Å². The molecule has 0 aromatic carbocycles. The minimum atomic E-state index is 0.137. The van der Waals surface area contributed by atoms with Crippen LogP contribution in [0.1, 0.15) is 19.6 Å². The highest BCUT2D eigenvalue weighted by Crippen LogP contribution is 2.25. The standard InChI is InChI=1S/C13H18N4O2/c1-3-18-13-11(14)12(15-8-16-13)17-9(2)7-10-5-4-6-19-10/h4-6,8-9H,3,7,14H2,1-2H3,(H,15,16,17). The normalized spacial score (nSPS) is 12.1. The van der Waals surface area contributed by atoms with Crippen LogP contribution in [0.5, 0.6) is 5.88 Å². The fourth-order valence-electron chi connectivity index (χ4n) is 1.76. The Morgan fingerprint density at radius 2 is 2.32 bits per heavy atom. The third kappa shape index (κ3) is 3.37. The van der Waals surface area contributed by atoms with Crippen LogP contribution in [0.15, 0.2) is 29.1 Å². The molecule has 0 aliphatic rings. The van der Waals surface area contributed by atoms with Gasteiger partial charge in [-0.3, -0.25) is 0 Å². The van der Waals surface area contributed by atoms with Crippen molar-refractivity contribution in [3.63, 3.8) is 0 Å². The number of nitrogen functional groups attached to an aromatic ring is 1. The van der Waals surface area contributed by atoms with Gasteiger partial charge in [0.25, 0.3) is 0 Å². The number of hydrogen-bond acceptors (Lipinski definition) is 6. The van der Waals surface area contributed by atoms with E-state index in [0.717, 1.165) is 12.2 Å². The minimum Gasteiger partial charge on any atom is -0.476 e. The van der Waals surface area contributed by atoms with E-state index in [4.69, 9.17) is 14.9 Å². The number of nitrogens with two attached hydrogens (primary N) is 1. The van der Waals surface area contributed by atoms with Crippen LogP contribution in [0.2, 0.25) is 0 Å². The molecule has 0 amide bonds. The highest BCUT2D eigenvalue weighted by molar-refractivity contribution is 5.66. The van der Waals surface area contributed by atoms with E-state index in [1.54, 1.807) is 6.26 Å². The fraction of sp³-hybridized carbons (Fsp3) is 0.385. The van der Waals surface area contributed by atoms with E-state index in [0.29, 0.717) is 24.0 Å². The van der Waals surface area contributed by atoms with Crippen LogP contribution >= 0.6 is 0 Å². The Morgan fingerprint density at radius 3 is 3.00 bits per heavy atom. The topological polar surface area (TPSA) is 86.2 Å². The quantitative estimate of drug-likeness (QED) is 0.829. The zero-order valence-electron chi connectivity index (χ0n) is 11.1. The van der Waals surface area contributed by atoms with Crippen molar-refractivity contribution < 1.29 is 9.15 Å². The van der Waals surface area contributed by atoms with Gasteiger partial charge in [-0.1, -0.05) is 0 Å². The lowest BCUT2D eigenvalue weighted by molar-refractivity contribution is 0.328. The predicted molar refractivity (Wildman–Crippen MR) is 73.1 cm³/mol. The number of nitrogens with one attached hydrogen (secondary N) is 1. The van der Waals surface area contributed by atoms with Crippen LogP contribution < -0.4 is 15.8 Å². The Balaban J connectivity index is 2.04. The van der Waals surface area contributed by atoms with Crippen molar-refractivity contribution in [1.29, 1.82) is 0 Å². The van der Waals surface area contributed by atoms with Gasteiger partial charge in [-0.05, 0) is 26.0 Å². The van der Waals surface area contributed by atoms with Crippen molar-refractivity contribution in [1.82, 2.24) is 9.97 Å². The van der Waals surface area contributed by atoms with Gasteiger partial charge in [-0.25, -0.2) is 4.98 Å². The fourth-order valence-corrected chi connectivity index (χ4v) is 1.76. The van der Waals surface area contributed by atoms with Gasteiger partial charge in [-0.2, -0.15) is 4.98 Å². The minimum absolute atomic E-state index is 0.137. The molecule has 2 heterocycles. The molecule has 6 heteroatoms. The molecule has 2 aromatic heterocycles. The summed E-state index contributed by atoms with van der Waals surface area (Å²) in [5.41, 5.74) is 6.38. The van der Waals surface area contributed by atoms with E-state index < -0.39 is 0 Å². The Morgan fingerprint density at radius 1 is 1.47 bits per heavy atom.